The minimum atomic E-state index is -0.568. The number of rotatable bonds is 5. The fraction of sp³-hybridized carbons (Fsp3) is 0.641. The molecule has 12 nitrogen and oxygen atoms in total. The van der Waals surface area contributed by atoms with Crippen LogP contribution in [0, 0.1) is 5.41 Å². The first-order valence-electron chi connectivity index (χ1n) is 19.2. The Morgan fingerprint density at radius 2 is 1.85 bits per heavy atom. The molecule has 2 aliphatic heterocycles. The summed E-state index contributed by atoms with van der Waals surface area (Å²) in [5.74, 6) is 2.48. The Morgan fingerprint density at radius 1 is 1.06 bits per heavy atom. The van der Waals surface area contributed by atoms with Crippen molar-refractivity contribution in [2.24, 2.45) is 16.1 Å². The summed E-state index contributed by atoms with van der Waals surface area (Å²) in [4.78, 5) is 36.4. The number of phenolic OH excluding ortho intramolecular Hbond substituents is 1. The summed E-state index contributed by atoms with van der Waals surface area (Å²) in [6.45, 7) is 2.65. The highest BCUT2D eigenvalue weighted by Gasteiger charge is 2.43. The van der Waals surface area contributed by atoms with Gasteiger partial charge in [0.1, 0.15) is 11.9 Å². The zero-order valence-corrected chi connectivity index (χ0v) is 32.7. The molecular weight excluding hydrogens is 713 g/mol. The van der Waals surface area contributed by atoms with Crippen LogP contribution >= 0.6 is 21.6 Å². The van der Waals surface area contributed by atoms with Gasteiger partial charge in [-0.3, -0.25) is 9.59 Å². The molecule has 0 radical (unpaired) electrons. The van der Waals surface area contributed by atoms with Gasteiger partial charge in [-0.05, 0) is 93.5 Å². The van der Waals surface area contributed by atoms with Crippen LogP contribution in [0.4, 0.5) is 5.82 Å². The van der Waals surface area contributed by atoms with E-state index in [1.807, 2.05) is 29.2 Å². The van der Waals surface area contributed by atoms with Gasteiger partial charge in [-0.25, -0.2) is 9.98 Å². The number of aliphatic imine (C=N–C) groups is 1. The van der Waals surface area contributed by atoms with Crippen LogP contribution in [0.15, 0.2) is 35.5 Å². The predicted molar refractivity (Wildman–Crippen MR) is 213 cm³/mol. The highest BCUT2D eigenvalue weighted by molar-refractivity contribution is 8.76. The van der Waals surface area contributed by atoms with Crippen LogP contribution in [0.1, 0.15) is 107 Å². The van der Waals surface area contributed by atoms with Crippen molar-refractivity contribution in [1.29, 1.82) is 0 Å². The fourth-order valence-electron chi connectivity index (χ4n) is 7.82. The number of aryl methyl sites for hydroxylation is 1. The summed E-state index contributed by atoms with van der Waals surface area (Å²) in [5.41, 5.74) is 14.4. The van der Waals surface area contributed by atoms with E-state index >= 15 is 0 Å². The number of carbonyl (C=O) groups excluding carboxylic acids is 2. The Morgan fingerprint density at radius 3 is 2.64 bits per heavy atom. The molecule has 4 bridgehead atoms. The Kier molecular flexibility index (Phi) is 15.7. The third-order valence-corrected chi connectivity index (χ3v) is 12.6. The number of pyridine rings is 1. The summed E-state index contributed by atoms with van der Waals surface area (Å²) < 4.78 is 12.1. The molecule has 3 aliphatic rings. The van der Waals surface area contributed by atoms with Crippen molar-refractivity contribution in [1.82, 2.24) is 15.2 Å². The number of aliphatic hydroxyl groups excluding tert-OH is 1. The summed E-state index contributed by atoms with van der Waals surface area (Å²) in [6.07, 6.45) is 12.6. The first kappa shape index (κ1) is 40.8. The number of esters is 1. The monoisotopic (exact) mass is 770 g/mol. The van der Waals surface area contributed by atoms with Gasteiger partial charge in [0.25, 0.3) is 0 Å². The lowest BCUT2D eigenvalue weighted by molar-refractivity contribution is -0.148. The van der Waals surface area contributed by atoms with E-state index in [4.69, 9.17) is 20.9 Å². The van der Waals surface area contributed by atoms with Crippen molar-refractivity contribution in [2.45, 2.75) is 128 Å². The lowest BCUT2D eigenvalue weighted by atomic mass is 9.78. The Balaban J connectivity index is 1.41. The molecule has 3 heterocycles. The first-order valence-corrected chi connectivity index (χ1v) is 21.7. The van der Waals surface area contributed by atoms with Crippen molar-refractivity contribution in [2.75, 3.05) is 30.5 Å². The van der Waals surface area contributed by atoms with E-state index in [1.165, 1.54) is 6.92 Å². The molecule has 7 N–H and O–H groups in total. The number of aromatic nitrogens is 1. The number of ether oxygens (including phenoxy) is 2. The van der Waals surface area contributed by atoms with Crippen LogP contribution in [0.2, 0.25) is 0 Å². The van der Waals surface area contributed by atoms with Gasteiger partial charge in [0.05, 0.1) is 18.1 Å². The van der Waals surface area contributed by atoms with Gasteiger partial charge in [-0.2, -0.15) is 0 Å². The number of aromatic hydroxyl groups is 1. The van der Waals surface area contributed by atoms with E-state index < -0.39 is 17.6 Å². The van der Waals surface area contributed by atoms with Crippen molar-refractivity contribution in [3.05, 3.63) is 47.2 Å². The third kappa shape index (κ3) is 13.2. The Hall–Kier alpha value is -3.36. The van der Waals surface area contributed by atoms with E-state index in [-0.39, 0.29) is 30.3 Å². The van der Waals surface area contributed by atoms with Gasteiger partial charge >= 0.3 is 5.97 Å². The van der Waals surface area contributed by atoms with E-state index in [0.29, 0.717) is 87.0 Å². The van der Waals surface area contributed by atoms with Gasteiger partial charge in [0.2, 0.25) is 5.91 Å². The molecule has 53 heavy (non-hydrogen) atoms. The maximum atomic E-state index is 13.8. The molecule has 0 spiro atoms. The van der Waals surface area contributed by atoms with Crippen molar-refractivity contribution in [3.63, 3.8) is 0 Å². The number of phenols is 1. The molecule has 2 fully saturated rings. The lowest BCUT2D eigenvalue weighted by Gasteiger charge is -2.30. The van der Waals surface area contributed by atoms with Crippen LogP contribution in [-0.4, -0.2) is 81.0 Å². The van der Waals surface area contributed by atoms with Crippen LogP contribution < -0.4 is 21.5 Å². The molecule has 5 rings (SSSR count). The number of nitrogens with one attached hydrogen (secondary N) is 1. The topological polar surface area (TPSA) is 186 Å². The Bertz CT molecular complexity index is 1540. The van der Waals surface area contributed by atoms with E-state index in [1.54, 1.807) is 27.8 Å². The van der Waals surface area contributed by atoms with Gasteiger partial charge in [0.15, 0.2) is 17.5 Å². The molecule has 1 aromatic heterocycles. The van der Waals surface area contributed by atoms with Crippen LogP contribution in [0.3, 0.4) is 0 Å². The number of benzene rings is 1. The summed E-state index contributed by atoms with van der Waals surface area (Å²) >= 11 is 0. The second kappa shape index (κ2) is 20.4. The molecule has 1 aromatic carbocycles. The number of amides is 1. The molecule has 1 amide bonds. The average Bonchev–Trinajstić information content (AvgIpc) is 3.72. The number of aliphatic hydroxyl groups is 1. The number of hydrogen-bond donors (Lipinski definition) is 5. The minimum absolute atomic E-state index is 0.00595. The van der Waals surface area contributed by atoms with Crippen molar-refractivity contribution < 1.29 is 29.3 Å². The number of carbonyl (C=O) groups is 2. The van der Waals surface area contributed by atoms with Crippen LogP contribution in [0.25, 0.3) is 0 Å². The smallest absolute Gasteiger partial charge is 0.302 e. The zero-order valence-electron chi connectivity index (χ0n) is 31.1. The number of hydrogen-bond acceptors (Lipinski definition) is 13. The van der Waals surface area contributed by atoms with Crippen molar-refractivity contribution in [3.8, 4) is 11.5 Å². The number of nitrogen functional groups attached to an aromatic ring is 1. The molecule has 1 aliphatic carbocycles. The molecule has 1 saturated heterocycles. The lowest BCUT2D eigenvalue weighted by Crippen LogP contribution is -2.37. The standard InChI is InChI=1S/C39H58N6O6S2/c1-27(46)50-33-12-11-28-18-30(37(49)34(19-28)51-32-9-5-6-10-32)24-45-25-39(23-36(45)48,22-29-13-15-42-35(40)20-29)14-16-43-38(41)44-26-53-52-17-7-3-2-4-8-31(47)21-33/h13,15,18-20,31-33,47,49H,2-12,14,16-17,21-26H2,1H3,(H2,40,42)(H3,41,43,44)/t31-,33+,39+/m0/s1. The van der Waals surface area contributed by atoms with Crippen LogP contribution in [0.5, 0.6) is 11.5 Å². The normalized spacial score (nSPS) is 25.0. The van der Waals surface area contributed by atoms with Gasteiger partial charge in [0, 0.05) is 62.3 Å². The number of nitrogens with zero attached hydrogens (tertiary/aromatic N) is 3. The number of nitrogens with two attached hydrogens (primary N) is 2. The van der Waals surface area contributed by atoms with E-state index in [0.717, 1.165) is 68.2 Å². The molecule has 292 valence electrons. The number of fused-ring (bicyclic) bond motifs is 4. The molecule has 1 saturated carbocycles. The fourth-order valence-corrected chi connectivity index (χ4v) is 9.61. The van der Waals surface area contributed by atoms with Gasteiger partial charge in [-0.15, -0.1) is 0 Å². The molecule has 0 unspecified atom stereocenters. The summed E-state index contributed by atoms with van der Waals surface area (Å²) in [6, 6.07) is 7.62. The summed E-state index contributed by atoms with van der Waals surface area (Å²) in [7, 11) is 3.45. The number of anilines is 1. The minimum Gasteiger partial charge on any atom is -0.504 e. The molecular formula is C39H58N6O6S2. The molecule has 2 aromatic rings. The summed E-state index contributed by atoms with van der Waals surface area (Å²) in [5, 5.41) is 25.8. The maximum Gasteiger partial charge on any atom is 0.302 e. The second-order valence-electron chi connectivity index (χ2n) is 15.0. The highest BCUT2D eigenvalue weighted by atomic mass is 33.1. The molecule has 14 heteroatoms. The largest absolute Gasteiger partial charge is 0.504 e. The SMILES string of the molecule is CC(=O)O[C@@H]1CCc2cc(c(O)c(OC3CCCC3)c2)CN2C[C@@](Cc3ccnc(N)c3)(CCNC(N)=NCSSCCCCCC[C@H](O)C1)CC2=O. The van der Waals surface area contributed by atoms with E-state index in [9.17, 15) is 19.8 Å². The predicted octanol–water partition coefficient (Wildman–Crippen LogP) is 5.86. The van der Waals surface area contributed by atoms with Crippen molar-refractivity contribution >= 4 is 45.2 Å². The third-order valence-electron chi connectivity index (χ3n) is 10.5. The quantitative estimate of drug-likeness (QED) is 0.180. The maximum absolute atomic E-state index is 13.8. The average molecular weight is 771 g/mol. The highest BCUT2D eigenvalue weighted by Crippen LogP contribution is 2.41. The molecule has 3 atom stereocenters. The zero-order chi connectivity index (χ0) is 37.6. The van der Waals surface area contributed by atoms with Gasteiger partial charge in [-0.1, -0.05) is 46.9 Å². The second-order valence-corrected chi connectivity index (χ2v) is 17.5. The van der Waals surface area contributed by atoms with E-state index in [2.05, 4.69) is 15.3 Å². The van der Waals surface area contributed by atoms with Gasteiger partial charge < -0.3 is 41.4 Å². The Labute approximate surface area is 322 Å². The number of guanidine groups is 1. The first-order chi connectivity index (χ1) is 25.6. The van der Waals surface area contributed by atoms with Crippen LogP contribution in [-0.2, 0) is 33.7 Å².